The van der Waals surface area contributed by atoms with Gasteiger partial charge in [0.25, 0.3) is 0 Å². The topological polar surface area (TPSA) is 42.2 Å². The lowest BCUT2D eigenvalue weighted by Crippen LogP contribution is -2.19. The Morgan fingerprint density at radius 3 is 2.83 bits per heavy atom. The number of nitrogens with two attached hydrogens (primary N) is 1. The summed E-state index contributed by atoms with van der Waals surface area (Å²) >= 11 is 1.59. The third kappa shape index (κ3) is 3.35. The SMILES string of the molecule is CN(Cc1cscn1)Cc1ccc(F)cc1CN. The van der Waals surface area contributed by atoms with Crippen molar-refractivity contribution in [1.29, 1.82) is 0 Å². The highest BCUT2D eigenvalue weighted by Crippen LogP contribution is 2.14. The minimum atomic E-state index is -0.235. The number of halogens is 1. The summed E-state index contributed by atoms with van der Waals surface area (Å²) in [6.07, 6.45) is 0. The molecule has 1 heterocycles. The highest BCUT2D eigenvalue weighted by Gasteiger charge is 2.07. The van der Waals surface area contributed by atoms with E-state index in [1.165, 1.54) is 12.1 Å². The maximum atomic E-state index is 13.1. The van der Waals surface area contributed by atoms with Crippen molar-refractivity contribution >= 4 is 11.3 Å². The molecule has 96 valence electrons. The Kier molecular flexibility index (Phi) is 4.41. The van der Waals surface area contributed by atoms with Gasteiger partial charge in [-0.1, -0.05) is 6.07 Å². The van der Waals surface area contributed by atoms with Gasteiger partial charge in [-0.15, -0.1) is 11.3 Å². The second kappa shape index (κ2) is 6.04. The molecule has 0 radical (unpaired) electrons. The molecule has 1 aromatic heterocycles. The van der Waals surface area contributed by atoms with E-state index in [2.05, 4.69) is 9.88 Å². The summed E-state index contributed by atoms with van der Waals surface area (Å²) in [5.74, 6) is -0.235. The lowest BCUT2D eigenvalue weighted by atomic mass is 10.1. The van der Waals surface area contributed by atoms with E-state index in [1.54, 1.807) is 17.4 Å². The fraction of sp³-hybridized carbons (Fsp3) is 0.308. The fourth-order valence-corrected chi connectivity index (χ4v) is 2.43. The van der Waals surface area contributed by atoms with E-state index in [-0.39, 0.29) is 5.82 Å². The highest BCUT2D eigenvalue weighted by atomic mass is 32.1. The molecule has 18 heavy (non-hydrogen) atoms. The van der Waals surface area contributed by atoms with Gasteiger partial charge in [0.15, 0.2) is 0 Å². The molecule has 0 unspecified atom stereocenters. The number of hydrogen-bond acceptors (Lipinski definition) is 4. The average molecular weight is 265 g/mol. The monoisotopic (exact) mass is 265 g/mol. The zero-order valence-corrected chi connectivity index (χ0v) is 11.1. The first-order valence-electron chi connectivity index (χ1n) is 5.72. The van der Waals surface area contributed by atoms with Crippen molar-refractivity contribution in [3.05, 3.63) is 51.7 Å². The first-order valence-corrected chi connectivity index (χ1v) is 6.66. The van der Waals surface area contributed by atoms with Gasteiger partial charge in [-0.2, -0.15) is 0 Å². The van der Waals surface area contributed by atoms with Crippen LogP contribution in [0.4, 0.5) is 4.39 Å². The number of benzene rings is 1. The lowest BCUT2D eigenvalue weighted by Gasteiger charge is -2.17. The van der Waals surface area contributed by atoms with Crippen LogP contribution in [0.5, 0.6) is 0 Å². The zero-order valence-electron chi connectivity index (χ0n) is 10.3. The van der Waals surface area contributed by atoms with Gasteiger partial charge >= 0.3 is 0 Å². The van der Waals surface area contributed by atoms with Crippen LogP contribution in [0.15, 0.2) is 29.1 Å². The van der Waals surface area contributed by atoms with Crippen molar-refractivity contribution in [2.75, 3.05) is 7.05 Å². The normalized spacial score (nSPS) is 11.1. The minimum Gasteiger partial charge on any atom is -0.326 e. The van der Waals surface area contributed by atoms with Crippen LogP contribution in [0.1, 0.15) is 16.8 Å². The van der Waals surface area contributed by atoms with Gasteiger partial charge in [-0.25, -0.2) is 9.37 Å². The van der Waals surface area contributed by atoms with Gasteiger partial charge in [-0.3, -0.25) is 4.90 Å². The molecule has 2 aromatic rings. The van der Waals surface area contributed by atoms with Gasteiger partial charge in [0, 0.05) is 25.0 Å². The van der Waals surface area contributed by atoms with Gasteiger partial charge in [0.05, 0.1) is 11.2 Å². The predicted molar refractivity (Wildman–Crippen MR) is 71.6 cm³/mol. The van der Waals surface area contributed by atoms with E-state index in [0.29, 0.717) is 6.54 Å². The van der Waals surface area contributed by atoms with Crippen LogP contribution in [0.2, 0.25) is 0 Å². The van der Waals surface area contributed by atoms with E-state index in [4.69, 9.17) is 5.73 Å². The maximum Gasteiger partial charge on any atom is 0.123 e. The summed E-state index contributed by atoms with van der Waals surface area (Å²) < 4.78 is 13.1. The van der Waals surface area contributed by atoms with Crippen LogP contribution in [0.3, 0.4) is 0 Å². The Balaban J connectivity index is 2.04. The number of hydrogen-bond donors (Lipinski definition) is 1. The van der Waals surface area contributed by atoms with Gasteiger partial charge in [0.2, 0.25) is 0 Å². The Morgan fingerprint density at radius 1 is 1.33 bits per heavy atom. The number of aromatic nitrogens is 1. The molecule has 0 amide bonds. The third-order valence-corrected chi connectivity index (χ3v) is 3.38. The van der Waals surface area contributed by atoms with Crippen molar-refractivity contribution in [1.82, 2.24) is 9.88 Å². The van der Waals surface area contributed by atoms with E-state index in [1.807, 2.05) is 17.9 Å². The Bertz CT molecular complexity index is 499. The van der Waals surface area contributed by atoms with Crippen LogP contribution < -0.4 is 5.73 Å². The van der Waals surface area contributed by atoms with Crippen molar-refractivity contribution in [3.8, 4) is 0 Å². The summed E-state index contributed by atoms with van der Waals surface area (Å²) in [4.78, 5) is 6.39. The molecule has 0 aliphatic rings. The number of thiazole rings is 1. The van der Waals surface area contributed by atoms with Crippen molar-refractivity contribution < 1.29 is 4.39 Å². The number of nitrogens with zero attached hydrogens (tertiary/aromatic N) is 2. The zero-order chi connectivity index (χ0) is 13.0. The summed E-state index contributed by atoms with van der Waals surface area (Å²) in [6, 6.07) is 4.78. The standard InChI is InChI=1S/C13H16FN3S/c1-17(7-13-8-18-9-16-13)6-10-2-3-12(14)4-11(10)5-15/h2-4,8-9H,5-7,15H2,1H3. The van der Waals surface area contributed by atoms with E-state index >= 15 is 0 Å². The third-order valence-electron chi connectivity index (χ3n) is 2.74. The lowest BCUT2D eigenvalue weighted by molar-refractivity contribution is 0.314. The molecule has 1 aromatic carbocycles. The van der Waals surface area contributed by atoms with Crippen molar-refractivity contribution in [2.24, 2.45) is 5.73 Å². The smallest absolute Gasteiger partial charge is 0.123 e. The molecular weight excluding hydrogens is 249 g/mol. The molecule has 5 heteroatoms. The van der Waals surface area contributed by atoms with Gasteiger partial charge in [-0.05, 0) is 30.3 Å². The molecule has 0 atom stereocenters. The predicted octanol–water partition coefficient (Wildman–Crippen LogP) is 2.37. The van der Waals surface area contributed by atoms with Crippen LogP contribution in [-0.2, 0) is 19.6 Å². The van der Waals surface area contributed by atoms with Crippen LogP contribution in [0.25, 0.3) is 0 Å². The largest absolute Gasteiger partial charge is 0.326 e. The Morgan fingerprint density at radius 2 is 2.17 bits per heavy atom. The first kappa shape index (κ1) is 13.1. The summed E-state index contributed by atoms with van der Waals surface area (Å²) in [5, 5.41) is 2.03. The Hall–Kier alpha value is -1.30. The van der Waals surface area contributed by atoms with Crippen LogP contribution in [0, 0.1) is 5.82 Å². The molecular formula is C13H16FN3S. The minimum absolute atomic E-state index is 0.235. The maximum absolute atomic E-state index is 13.1. The van der Waals surface area contributed by atoms with E-state index in [0.717, 1.165) is 29.9 Å². The average Bonchev–Trinajstić information content (AvgIpc) is 2.84. The fourth-order valence-electron chi connectivity index (χ4n) is 1.88. The van der Waals surface area contributed by atoms with Gasteiger partial charge in [0.1, 0.15) is 5.82 Å². The quantitative estimate of drug-likeness (QED) is 0.902. The van der Waals surface area contributed by atoms with Gasteiger partial charge < -0.3 is 5.73 Å². The highest BCUT2D eigenvalue weighted by molar-refractivity contribution is 7.07. The molecule has 0 aliphatic carbocycles. The second-order valence-electron chi connectivity index (χ2n) is 4.27. The molecule has 0 bridgehead atoms. The first-order chi connectivity index (χ1) is 8.69. The molecule has 0 saturated carbocycles. The molecule has 3 nitrogen and oxygen atoms in total. The number of rotatable bonds is 5. The van der Waals surface area contributed by atoms with Crippen LogP contribution >= 0.6 is 11.3 Å². The van der Waals surface area contributed by atoms with E-state index in [9.17, 15) is 4.39 Å². The summed E-state index contributed by atoms with van der Waals surface area (Å²) in [5.41, 5.74) is 10.4. The van der Waals surface area contributed by atoms with E-state index < -0.39 is 0 Å². The van der Waals surface area contributed by atoms with Crippen molar-refractivity contribution in [2.45, 2.75) is 19.6 Å². The second-order valence-corrected chi connectivity index (χ2v) is 4.99. The summed E-state index contributed by atoms with van der Waals surface area (Å²) in [7, 11) is 2.02. The Labute approximate surface area is 110 Å². The molecule has 2 N–H and O–H groups in total. The van der Waals surface area contributed by atoms with Crippen molar-refractivity contribution in [3.63, 3.8) is 0 Å². The summed E-state index contributed by atoms with van der Waals surface area (Å²) in [6.45, 7) is 1.88. The van der Waals surface area contributed by atoms with Crippen LogP contribution in [-0.4, -0.2) is 16.9 Å². The molecule has 0 aliphatic heterocycles. The molecule has 0 fully saturated rings. The molecule has 0 saturated heterocycles. The molecule has 2 rings (SSSR count). The molecule has 0 spiro atoms.